The molecule has 264 valence electrons. The predicted molar refractivity (Wildman–Crippen MR) is 223 cm³/mol. The Bertz CT molecular complexity index is 2910. The van der Waals surface area contributed by atoms with Gasteiger partial charge >= 0.3 is 0 Å². The van der Waals surface area contributed by atoms with E-state index in [-0.39, 0.29) is 12.0 Å². The van der Waals surface area contributed by atoms with Gasteiger partial charge in [-0.1, -0.05) is 85.0 Å². The van der Waals surface area contributed by atoms with Crippen LogP contribution in [0.3, 0.4) is 0 Å². The molecule has 0 fully saturated rings. The van der Waals surface area contributed by atoms with Crippen LogP contribution in [0, 0.1) is 22.7 Å². The Morgan fingerprint density at radius 1 is 0.482 bits per heavy atom. The molecule has 2 atom stereocenters. The van der Waals surface area contributed by atoms with E-state index >= 15 is 0 Å². The van der Waals surface area contributed by atoms with Gasteiger partial charge in [0.05, 0.1) is 34.6 Å². The lowest BCUT2D eigenvalue weighted by Gasteiger charge is -2.27. The van der Waals surface area contributed by atoms with Crippen LogP contribution in [0.1, 0.15) is 22.6 Å². The van der Waals surface area contributed by atoms with Crippen molar-refractivity contribution in [3.05, 3.63) is 199 Å². The largest absolute Gasteiger partial charge is 0.483 e. The number of benzene rings is 7. The van der Waals surface area contributed by atoms with E-state index in [1.54, 1.807) is 0 Å². The molecule has 0 amide bonds. The van der Waals surface area contributed by atoms with Crippen molar-refractivity contribution in [1.82, 2.24) is 0 Å². The number of nitriles is 2. The highest BCUT2D eigenvalue weighted by Gasteiger charge is 2.35. The molecule has 0 bridgehead atoms. The molecule has 10 rings (SSSR count). The maximum Gasteiger partial charge on any atom is 0.159 e. The van der Waals surface area contributed by atoms with Crippen LogP contribution in [-0.4, -0.2) is 6.10 Å². The molecule has 1 aliphatic carbocycles. The Hall–Kier alpha value is -7.80. The molecular weight excluding hydrogens is 689 g/mol. The number of hydrogen-bond acceptors (Lipinski definition) is 6. The maximum atomic E-state index is 9.52. The molecule has 2 aliphatic rings. The van der Waals surface area contributed by atoms with Gasteiger partial charge in [-0.15, -0.1) is 0 Å². The van der Waals surface area contributed by atoms with Crippen molar-refractivity contribution in [1.29, 1.82) is 10.5 Å². The number of para-hydroxylation sites is 3. The zero-order chi connectivity index (χ0) is 37.6. The fraction of sp³-hybridized carbons (Fsp3) is 0.0400. The van der Waals surface area contributed by atoms with Crippen LogP contribution in [0.15, 0.2) is 186 Å². The van der Waals surface area contributed by atoms with Crippen molar-refractivity contribution in [2.45, 2.75) is 12.0 Å². The van der Waals surface area contributed by atoms with E-state index in [0.717, 1.165) is 78.5 Å². The monoisotopic (exact) mass is 720 g/mol. The van der Waals surface area contributed by atoms with Gasteiger partial charge < -0.3 is 19.0 Å². The average molecular weight is 721 g/mol. The molecule has 0 spiro atoms. The minimum absolute atomic E-state index is 0.0382. The fourth-order valence-corrected chi connectivity index (χ4v) is 7.96. The minimum atomic E-state index is -0.0382. The summed E-state index contributed by atoms with van der Waals surface area (Å²) in [5.74, 6) is 1.04. The molecule has 6 heteroatoms. The number of hydrogen-bond donors (Lipinski definition) is 0. The summed E-state index contributed by atoms with van der Waals surface area (Å²) in [5.41, 5.74) is 11.8. The molecule has 0 saturated carbocycles. The first-order valence-electron chi connectivity index (χ1n) is 18.5. The number of rotatable bonds is 7. The topological polar surface area (TPSA) is 76.4 Å². The Kier molecular flexibility index (Phi) is 7.95. The van der Waals surface area contributed by atoms with Crippen LogP contribution in [0.2, 0.25) is 0 Å². The number of allylic oxidation sites excluding steroid dienone is 2. The minimum Gasteiger partial charge on any atom is -0.483 e. The van der Waals surface area contributed by atoms with E-state index in [1.165, 1.54) is 0 Å². The van der Waals surface area contributed by atoms with Gasteiger partial charge in [-0.05, 0) is 108 Å². The van der Waals surface area contributed by atoms with Crippen molar-refractivity contribution in [3.8, 4) is 29.0 Å². The number of ether oxygens (including phenoxy) is 1. The molecule has 7 aromatic carbocycles. The lowest BCUT2D eigenvalue weighted by Crippen LogP contribution is -2.16. The van der Waals surface area contributed by atoms with Crippen LogP contribution in [-0.2, 0) is 0 Å². The first kappa shape index (κ1) is 32.8. The molecule has 6 nitrogen and oxygen atoms in total. The molecule has 2 unspecified atom stereocenters. The normalized spacial score (nSPS) is 15.1. The van der Waals surface area contributed by atoms with Gasteiger partial charge in [0.15, 0.2) is 5.58 Å². The molecule has 1 aromatic heterocycles. The summed E-state index contributed by atoms with van der Waals surface area (Å²) in [4.78, 5) is 4.38. The first-order chi connectivity index (χ1) is 27.7. The molecular formula is C50H32N4O2. The molecule has 0 radical (unpaired) electrons. The maximum absolute atomic E-state index is 9.52. The predicted octanol–water partition coefficient (Wildman–Crippen LogP) is 12.9. The van der Waals surface area contributed by atoms with Gasteiger partial charge in [-0.25, -0.2) is 0 Å². The van der Waals surface area contributed by atoms with Gasteiger partial charge in [-0.3, -0.25) is 0 Å². The zero-order valence-corrected chi connectivity index (χ0v) is 30.1. The van der Waals surface area contributed by atoms with Gasteiger partial charge in [0.25, 0.3) is 0 Å². The van der Waals surface area contributed by atoms with Crippen LogP contribution >= 0.6 is 0 Å². The highest BCUT2D eigenvalue weighted by atomic mass is 16.5. The zero-order valence-electron chi connectivity index (χ0n) is 30.1. The molecule has 56 heavy (non-hydrogen) atoms. The smallest absolute Gasteiger partial charge is 0.159 e. The van der Waals surface area contributed by atoms with Crippen LogP contribution < -0.4 is 14.5 Å². The lowest BCUT2D eigenvalue weighted by molar-refractivity contribution is 0.269. The van der Waals surface area contributed by atoms with Gasteiger partial charge in [0.1, 0.15) is 17.4 Å². The number of nitrogens with zero attached hydrogens (tertiary/aromatic N) is 4. The Labute approximate surface area is 324 Å². The number of anilines is 6. The van der Waals surface area contributed by atoms with Gasteiger partial charge in [0.2, 0.25) is 0 Å². The molecule has 0 N–H and O–H groups in total. The van der Waals surface area contributed by atoms with E-state index in [4.69, 9.17) is 9.15 Å². The standard InChI is InChI=1S/C50H32N4O2/c51-31-33-15-23-37(24-16-33)53(45-11-5-9-43-41-7-1-3-13-47(41)55-49(43)45)39-27-19-35(20-28-39)36-21-29-40(30-22-36)54(38-25-17-34(32-52)18-26-38)46-12-6-10-44-42-8-2-4-14-48(42)56-50(44)46/h1-30,41,47H. The fourth-order valence-electron chi connectivity index (χ4n) is 7.96. The van der Waals surface area contributed by atoms with Crippen LogP contribution in [0.25, 0.3) is 33.1 Å². The highest BCUT2D eigenvalue weighted by molar-refractivity contribution is 6.10. The third kappa shape index (κ3) is 5.57. The van der Waals surface area contributed by atoms with Gasteiger partial charge in [0, 0.05) is 45.0 Å². The second kappa shape index (κ2) is 13.6. The molecule has 8 aromatic rings. The molecule has 1 aliphatic heterocycles. The summed E-state index contributed by atoms with van der Waals surface area (Å²) in [6, 6.07) is 57.5. The highest BCUT2D eigenvalue weighted by Crippen LogP contribution is 2.50. The third-order valence-corrected chi connectivity index (χ3v) is 10.7. The summed E-state index contributed by atoms with van der Waals surface area (Å²) in [6.45, 7) is 0. The lowest BCUT2D eigenvalue weighted by atomic mass is 9.92. The Balaban J connectivity index is 1.02. The van der Waals surface area contributed by atoms with E-state index in [1.807, 2.05) is 72.8 Å². The first-order valence-corrected chi connectivity index (χ1v) is 18.5. The third-order valence-electron chi connectivity index (χ3n) is 10.7. The second-order valence-corrected chi connectivity index (χ2v) is 13.9. The molecule has 2 heterocycles. The van der Waals surface area contributed by atoms with Crippen molar-refractivity contribution < 1.29 is 9.15 Å². The summed E-state index contributed by atoms with van der Waals surface area (Å²) in [7, 11) is 0. The number of fused-ring (bicyclic) bond motifs is 6. The quantitative estimate of drug-likeness (QED) is 0.163. The van der Waals surface area contributed by atoms with Crippen LogP contribution in [0.4, 0.5) is 34.1 Å². The summed E-state index contributed by atoms with van der Waals surface area (Å²) in [5, 5.41) is 21.2. The Morgan fingerprint density at radius 3 is 1.62 bits per heavy atom. The van der Waals surface area contributed by atoms with E-state index in [2.05, 4.69) is 131 Å². The summed E-state index contributed by atoms with van der Waals surface area (Å²) >= 11 is 0. The SMILES string of the molecule is N#Cc1ccc(N(c2ccc(-c3ccc(N(c4ccc(C#N)cc4)c4cccc5c4oc4ccccc45)cc3)cc2)c2cccc3c2OC2C=CC=CC32)cc1. The Morgan fingerprint density at radius 2 is 1.00 bits per heavy atom. The molecule has 0 saturated heterocycles. The van der Waals surface area contributed by atoms with Crippen molar-refractivity contribution in [3.63, 3.8) is 0 Å². The van der Waals surface area contributed by atoms with E-state index in [9.17, 15) is 10.5 Å². The van der Waals surface area contributed by atoms with Crippen molar-refractivity contribution in [2.75, 3.05) is 9.80 Å². The summed E-state index contributed by atoms with van der Waals surface area (Å²) < 4.78 is 13.1. The van der Waals surface area contributed by atoms with Crippen molar-refractivity contribution >= 4 is 56.1 Å². The van der Waals surface area contributed by atoms with E-state index < -0.39 is 0 Å². The summed E-state index contributed by atoms with van der Waals surface area (Å²) in [6.07, 6.45) is 8.41. The van der Waals surface area contributed by atoms with Gasteiger partial charge in [-0.2, -0.15) is 10.5 Å². The number of furan rings is 1. The van der Waals surface area contributed by atoms with E-state index in [0.29, 0.717) is 11.1 Å². The average Bonchev–Trinajstić information content (AvgIpc) is 3.85. The van der Waals surface area contributed by atoms with Crippen LogP contribution in [0.5, 0.6) is 5.75 Å². The second-order valence-electron chi connectivity index (χ2n) is 13.9. The van der Waals surface area contributed by atoms with Crippen molar-refractivity contribution in [2.24, 2.45) is 0 Å².